The highest BCUT2D eigenvalue weighted by Crippen LogP contribution is 2.46. The molecule has 6 rings (SSSR count). The number of likely N-dealkylation sites (tertiary alicyclic amines) is 1. The maximum atomic E-state index is 14.2. The van der Waals surface area contributed by atoms with E-state index < -0.39 is 54.9 Å². The highest BCUT2D eigenvalue weighted by Gasteiger charge is 2.49. The van der Waals surface area contributed by atoms with Crippen molar-refractivity contribution in [3.63, 3.8) is 0 Å². The number of guanidine groups is 1. The average molecular weight is 508 g/mol. The van der Waals surface area contributed by atoms with E-state index in [4.69, 9.17) is 10.5 Å². The van der Waals surface area contributed by atoms with E-state index in [9.17, 15) is 26.7 Å². The van der Waals surface area contributed by atoms with Crippen LogP contribution in [0, 0.1) is 0 Å². The van der Waals surface area contributed by atoms with Gasteiger partial charge in [-0.05, 0) is 25.0 Å². The monoisotopic (exact) mass is 508 g/mol. The summed E-state index contributed by atoms with van der Waals surface area (Å²) >= 11 is 0. The van der Waals surface area contributed by atoms with Gasteiger partial charge in [0.15, 0.2) is 5.96 Å². The van der Waals surface area contributed by atoms with E-state index in [0.29, 0.717) is 36.2 Å². The number of piperidine rings is 1. The predicted molar refractivity (Wildman–Crippen MR) is 115 cm³/mol. The first-order valence-electron chi connectivity index (χ1n) is 11.5. The molecule has 6 heterocycles. The van der Waals surface area contributed by atoms with E-state index in [0.717, 1.165) is 6.07 Å². The quantitative estimate of drug-likeness (QED) is 0.590. The van der Waals surface area contributed by atoms with Crippen LogP contribution in [-0.2, 0) is 17.5 Å². The molecule has 2 aromatic rings. The van der Waals surface area contributed by atoms with Crippen molar-refractivity contribution >= 4 is 17.6 Å². The van der Waals surface area contributed by atoms with Crippen LogP contribution in [0.4, 0.5) is 27.6 Å². The normalized spacial score (nSPS) is 26.5. The van der Waals surface area contributed by atoms with Crippen molar-refractivity contribution in [2.24, 2.45) is 10.7 Å². The van der Waals surface area contributed by atoms with Crippen LogP contribution in [-0.4, -0.2) is 56.8 Å². The highest BCUT2D eigenvalue weighted by atomic mass is 19.4. The number of rotatable bonds is 1. The molecule has 2 aromatic heterocycles. The van der Waals surface area contributed by atoms with Gasteiger partial charge < -0.3 is 20.3 Å². The van der Waals surface area contributed by atoms with Crippen LogP contribution in [0.1, 0.15) is 64.3 Å². The number of halogens is 5. The predicted octanol–water partition coefficient (Wildman–Crippen LogP) is 3.71. The van der Waals surface area contributed by atoms with Gasteiger partial charge in [0, 0.05) is 24.1 Å². The molecule has 8 nitrogen and oxygen atoms in total. The minimum atomic E-state index is -4.60. The summed E-state index contributed by atoms with van der Waals surface area (Å²) in [7, 11) is 0. The first kappa shape index (κ1) is 23.1. The Morgan fingerprint density at radius 1 is 1.22 bits per heavy atom. The lowest BCUT2D eigenvalue weighted by molar-refractivity contribution is -0.141. The second-order valence-corrected chi connectivity index (χ2v) is 9.47. The number of alkyl halides is 5. The molecule has 0 bridgehead atoms. The molecule has 0 unspecified atom stereocenters. The highest BCUT2D eigenvalue weighted by molar-refractivity contribution is 5.94. The molecule has 0 aliphatic carbocycles. The molecule has 0 saturated carbocycles. The Morgan fingerprint density at radius 2 is 2.03 bits per heavy atom. The van der Waals surface area contributed by atoms with Gasteiger partial charge in [-0.2, -0.15) is 13.2 Å². The number of aromatic nitrogens is 2. The molecule has 4 aliphatic heterocycles. The summed E-state index contributed by atoms with van der Waals surface area (Å²) in [6, 6.07) is 2.36. The zero-order valence-electron chi connectivity index (χ0n) is 18.8. The molecular formula is C23H21F5N6O2. The topological polar surface area (TPSA) is 96.9 Å². The Morgan fingerprint density at radius 3 is 2.81 bits per heavy atom. The molecule has 2 saturated heterocycles. The Balaban J connectivity index is 1.35. The second kappa shape index (κ2) is 7.82. The molecule has 2 N–H and O–H groups in total. The summed E-state index contributed by atoms with van der Waals surface area (Å²) in [6.45, 7) is -0.305. The van der Waals surface area contributed by atoms with E-state index in [1.54, 1.807) is 0 Å². The van der Waals surface area contributed by atoms with Crippen LogP contribution in [0.3, 0.4) is 0 Å². The van der Waals surface area contributed by atoms with Crippen molar-refractivity contribution in [1.29, 1.82) is 0 Å². The molecule has 0 spiro atoms. The zero-order valence-corrected chi connectivity index (χ0v) is 18.8. The molecule has 4 aliphatic rings. The molecule has 13 heteroatoms. The van der Waals surface area contributed by atoms with Crippen molar-refractivity contribution in [2.75, 3.05) is 13.1 Å². The Bertz CT molecular complexity index is 1280. The maximum Gasteiger partial charge on any atom is 0.433 e. The van der Waals surface area contributed by atoms with Crippen molar-refractivity contribution in [3.8, 4) is 0 Å². The number of hydrogen-bond acceptors (Lipinski definition) is 7. The number of ether oxygens (including phenoxy) is 1. The Hall–Kier alpha value is -3.35. The van der Waals surface area contributed by atoms with Gasteiger partial charge in [-0.1, -0.05) is 6.07 Å². The summed E-state index contributed by atoms with van der Waals surface area (Å²) in [6.07, 6.45) is -2.86. The third-order valence-electron chi connectivity index (χ3n) is 7.18. The van der Waals surface area contributed by atoms with Gasteiger partial charge in [0.25, 0.3) is 11.8 Å². The number of nitrogens with zero attached hydrogens (tertiary/aromatic N) is 5. The van der Waals surface area contributed by atoms with Gasteiger partial charge in [0.2, 0.25) is 0 Å². The zero-order chi connectivity index (χ0) is 25.4. The summed E-state index contributed by atoms with van der Waals surface area (Å²) < 4.78 is 73.7. The molecule has 0 aromatic carbocycles. The van der Waals surface area contributed by atoms with Crippen molar-refractivity contribution in [1.82, 2.24) is 19.8 Å². The van der Waals surface area contributed by atoms with E-state index in [-0.39, 0.29) is 24.0 Å². The number of carbonyl (C=O) groups excluding carboxylic acids is 1. The molecule has 2 fully saturated rings. The van der Waals surface area contributed by atoms with Crippen molar-refractivity contribution < 1.29 is 31.5 Å². The van der Waals surface area contributed by atoms with E-state index in [1.165, 1.54) is 28.1 Å². The SMILES string of the molecule is NC1=Nc2cnc(C(=O)N3CCC[C@@H]4OCc5nc(C(F)(F)F)ccc5[C@@H]43)cc2[C@H]2CC(F)(F)CN12. The van der Waals surface area contributed by atoms with Gasteiger partial charge in [0.1, 0.15) is 11.4 Å². The van der Waals surface area contributed by atoms with Crippen LogP contribution >= 0.6 is 0 Å². The number of hydrogen-bond donors (Lipinski definition) is 1. The fraction of sp³-hybridized carbons (Fsp3) is 0.478. The minimum Gasteiger partial charge on any atom is -0.369 e. The van der Waals surface area contributed by atoms with Crippen molar-refractivity contribution in [3.05, 3.63) is 52.6 Å². The fourth-order valence-electron chi connectivity index (χ4n) is 5.58. The number of amides is 1. The van der Waals surface area contributed by atoms with Crippen LogP contribution in [0.25, 0.3) is 0 Å². The lowest BCUT2D eigenvalue weighted by Crippen LogP contribution is -2.48. The summed E-state index contributed by atoms with van der Waals surface area (Å²) in [4.78, 5) is 28.6. The van der Waals surface area contributed by atoms with Gasteiger partial charge in [-0.25, -0.2) is 23.7 Å². The lowest BCUT2D eigenvalue weighted by atomic mass is 9.88. The number of aliphatic imine (C=N–C) groups is 1. The molecular weight excluding hydrogens is 487 g/mol. The number of carbonyl (C=O) groups is 1. The van der Waals surface area contributed by atoms with E-state index in [2.05, 4.69) is 15.0 Å². The number of fused-ring (bicyclic) bond motifs is 6. The van der Waals surface area contributed by atoms with Crippen LogP contribution in [0.15, 0.2) is 29.4 Å². The first-order valence-corrected chi connectivity index (χ1v) is 11.5. The average Bonchev–Trinajstić information content (AvgIpc) is 3.18. The summed E-state index contributed by atoms with van der Waals surface area (Å²) in [5, 5.41) is 0. The molecule has 3 atom stereocenters. The van der Waals surface area contributed by atoms with Crippen LogP contribution < -0.4 is 5.73 Å². The smallest absolute Gasteiger partial charge is 0.369 e. The van der Waals surface area contributed by atoms with Gasteiger partial charge >= 0.3 is 6.18 Å². The van der Waals surface area contributed by atoms with Crippen molar-refractivity contribution in [2.45, 2.75) is 56.2 Å². The summed E-state index contributed by atoms with van der Waals surface area (Å²) in [5.41, 5.74) is 6.29. The molecule has 0 radical (unpaired) electrons. The third-order valence-corrected chi connectivity index (χ3v) is 7.18. The molecule has 1 amide bonds. The molecule has 36 heavy (non-hydrogen) atoms. The Kier molecular flexibility index (Phi) is 5.01. The van der Waals surface area contributed by atoms with Gasteiger partial charge in [-0.15, -0.1) is 0 Å². The number of pyridine rings is 2. The van der Waals surface area contributed by atoms with Crippen LogP contribution in [0.2, 0.25) is 0 Å². The van der Waals surface area contributed by atoms with Gasteiger partial charge in [-0.3, -0.25) is 4.79 Å². The lowest BCUT2D eigenvalue weighted by Gasteiger charge is -2.44. The Labute approximate surface area is 202 Å². The third kappa shape index (κ3) is 3.67. The minimum absolute atomic E-state index is 0.0221. The van der Waals surface area contributed by atoms with Crippen LogP contribution in [0.5, 0.6) is 0 Å². The fourth-order valence-corrected chi connectivity index (χ4v) is 5.58. The molecule has 190 valence electrons. The van der Waals surface area contributed by atoms with E-state index >= 15 is 0 Å². The largest absolute Gasteiger partial charge is 0.433 e. The van der Waals surface area contributed by atoms with Gasteiger partial charge in [0.05, 0.1) is 48.9 Å². The second-order valence-electron chi connectivity index (χ2n) is 9.47. The number of nitrogens with two attached hydrogens (primary N) is 1. The first-order chi connectivity index (χ1) is 17.0. The standard InChI is InChI=1S/C23H21F5N6O2/c24-22(25)7-16-12-6-13(30-8-14(12)32-21(29)34(16)10-22)20(35)33-5-1-2-17-19(33)11-3-4-18(23(26,27)28)31-15(11)9-36-17/h3-4,6,8,16-17,19H,1-2,5,7,9-10H2,(H2,29,32)/t16-,17+,19+/m1/s1. The maximum absolute atomic E-state index is 14.2. The van der Waals surface area contributed by atoms with E-state index in [1.807, 2.05) is 0 Å². The summed E-state index contributed by atoms with van der Waals surface area (Å²) in [5.74, 6) is -3.44.